The first kappa shape index (κ1) is 18.7. The van der Waals surface area contributed by atoms with Gasteiger partial charge < -0.3 is 24.1 Å². The number of rotatable bonds is 9. The molecule has 2 amide bonds. The summed E-state index contributed by atoms with van der Waals surface area (Å²) in [6.45, 7) is 1.87. The van der Waals surface area contributed by atoms with Gasteiger partial charge in [-0.25, -0.2) is 0 Å². The molecule has 0 unspecified atom stereocenters. The Hall–Kier alpha value is -2.64. The second kappa shape index (κ2) is 9.61. The third-order valence-electron chi connectivity index (χ3n) is 3.55. The topological polar surface area (TPSA) is 81.0 Å². The first-order valence-electron chi connectivity index (χ1n) is 7.87. The van der Waals surface area contributed by atoms with Crippen LogP contribution in [0.2, 0.25) is 0 Å². The largest absolute Gasteiger partial charge is 0.459 e. The summed E-state index contributed by atoms with van der Waals surface area (Å²) < 4.78 is 15.1. The Balaban J connectivity index is 2.01. The number of carbonyl (C=O) groups excluding carboxylic acids is 2. The fourth-order valence-electron chi connectivity index (χ4n) is 2.20. The lowest BCUT2D eigenvalue weighted by atomic mass is 10.1. The maximum atomic E-state index is 12.6. The number of anilines is 1. The van der Waals surface area contributed by atoms with Crippen LogP contribution in [0.5, 0.6) is 0 Å². The number of carbonyl (C=O) groups is 2. The Morgan fingerprint density at radius 1 is 1.04 bits per heavy atom. The van der Waals surface area contributed by atoms with Gasteiger partial charge in [0, 0.05) is 38.6 Å². The van der Waals surface area contributed by atoms with Crippen molar-refractivity contribution in [3.05, 3.63) is 54.0 Å². The quantitative estimate of drug-likeness (QED) is 0.753. The van der Waals surface area contributed by atoms with E-state index in [4.69, 9.17) is 13.9 Å². The molecule has 0 saturated carbocycles. The molecule has 0 bridgehead atoms. The van der Waals surface area contributed by atoms with Crippen LogP contribution in [-0.4, -0.2) is 57.2 Å². The Kier molecular flexibility index (Phi) is 7.18. The van der Waals surface area contributed by atoms with Crippen LogP contribution in [0.1, 0.15) is 20.9 Å². The zero-order chi connectivity index (χ0) is 18.1. The minimum atomic E-state index is -0.342. The molecule has 7 nitrogen and oxygen atoms in total. The van der Waals surface area contributed by atoms with Crippen molar-refractivity contribution in [1.29, 1.82) is 0 Å². The summed E-state index contributed by atoms with van der Waals surface area (Å²) in [5, 5.41) is 2.71. The van der Waals surface area contributed by atoms with Gasteiger partial charge >= 0.3 is 0 Å². The van der Waals surface area contributed by atoms with Gasteiger partial charge in [-0.05, 0) is 36.4 Å². The average Bonchev–Trinajstić information content (AvgIpc) is 3.17. The van der Waals surface area contributed by atoms with E-state index >= 15 is 0 Å². The summed E-state index contributed by atoms with van der Waals surface area (Å²) in [6, 6.07) is 9.93. The van der Waals surface area contributed by atoms with Crippen LogP contribution < -0.4 is 5.32 Å². The van der Waals surface area contributed by atoms with E-state index in [1.807, 2.05) is 0 Å². The standard InChI is InChI=1S/C18H22N2O5/c1-23-12-9-20(10-13-24-2)18(22)14-5-7-15(8-6-14)19-17(21)16-4-3-11-25-16/h3-8,11H,9-10,12-13H2,1-2H3,(H,19,21). The molecule has 1 heterocycles. The monoisotopic (exact) mass is 346 g/mol. The van der Waals surface area contributed by atoms with Gasteiger partial charge in [-0.1, -0.05) is 0 Å². The number of methoxy groups -OCH3 is 2. The van der Waals surface area contributed by atoms with E-state index < -0.39 is 0 Å². The van der Waals surface area contributed by atoms with Crippen LogP contribution in [0, 0.1) is 0 Å². The van der Waals surface area contributed by atoms with E-state index in [1.165, 1.54) is 6.26 Å². The number of furan rings is 1. The van der Waals surface area contributed by atoms with Crippen molar-refractivity contribution in [2.45, 2.75) is 0 Å². The summed E-state index contributed by atoms with van der Waals surface area (Å²) in [5.41, 5.74) is 1.11. The molecular formula is C18H22N2O5. The van der Waals surface area contributed by atoms with Crippen molar-refractivity contribution in [3.8, 4) is 0 Å². The molecule has 1 N–H and O–H groups in total. The predicted octanol–water partition coefficient (Wildman–Crippen LogP) is 2.27. The van der Waals surface area contributed by atoms with Crippen molar-refractivity contribution in [3.63, 3.8) is 0 Å². The molecule has 0 aliphatic rings. The van der Waals surface area contributed by atoms with Crippen molar-refractivity contribution in [2.24, 2.45) is 0 Å². The highest BCUT2D eigenvalue weighted by atomic mass is 16.5. The Morgan fingerprint density at radius 3 is 2.20 bits per heavy atom. The predicted molar refractivity (Wildman–Crippen MR) is 92.8 cm³/mol. The summed E-state index contributed by atoms with van der Waals surface area (Å²) in [6.07, 6.45) is 1.44. The average molecular weight is 346 g/mol. The molecule has 0 aliphatic carbocycles. The first-order chi connectivity index (χ1) is 12.2. The van der Waals surface area contributed by atoms with Crippen molar-refractivity contribution >= 4 is 17.5 Å². The molecule has 0 spiro atoms. The van der Waals surface area contributed by atoms with E-state index in [0.717, 1.165) is 0 Å². The van der Waals surface area contributed by atoms with Crippen LogP contribution in [0.25, 0.3) is 0 Å². The second-order valence-corrected chi connectivity index (χ2v) is 5.29. The minimum Gasteiger partial charge on any atom is -0.459 e. The molecule has 0 atom stereocenters. The molecule has 2 aromatic rings. The molecule has 134 valence electrons. The molecule has 7 heteroatoms. The maximum absolute atomic E-state index is 12.6. The minimum absolute atomic E-state index is 0.113. The van der Waals surface area contributed by atoms with Crippen LogP contribution in [0.3, 0.4) is 0 Å². The number of hydrogen-bond donors (Lipinski definition) is 1. The lowest BCUT2D eigenvalue weighted by Gasteiger charge is -2.22. The molecule has 2 rings (SSSR count). The normalized spacial score (nSPS) is 10.5. The third-order valence-corrected chi connectivity index (χ3v) is 3.55. The highest BCUT2D eigenvalue weighted by molar-refractivity contribution is 6.02. The van der Waals surface area contributed by atoms with Gasteiger partial charge in [-0.2, -0.15) is 0 Å². The molecule has 0 radical (unpaired) electrons. The van der Waals surface area contributed by atoms with Gasteiger partial charge in [-0.15, -0.1) is 0 Å². The van der Waals surface area contributed by atoms with Gasteiger partial charge in [0.1, 0.15) is 0 Å². The Morgan fingerprint density at radius 2 is 1.68 bits per heavy atom. The molecule has 1 aromatic heterocycles. The van der Waals surface area contributed by atoms with E-state index in [1.54, 1.807) is 55.5 Å². The van der Waals surface area contributed by atoms with Crippen LogP contribution in [-0.2, 0) is 9.47 Å². The molecule has 1 aromatic carbocycles. The summed E-state index contributed by atoms with van der Waals surface area (Å²) in [5.74, 6) is -0.227. The Bertz CT molecular complexity index is 659. The van der Waals surface area contributed by atoms with Crippen LogP contribution >= 0.6 is 0 Å². The molecule has 0 fully saturated rings. The smallest absolute Gasteiger partial charge is 0.291 e. The molecular weight excluding hydrogens is 324 g/mol. The summed E-state index contributed by atoms with van der Waals surface area (Å²) in [4.78, 5) is 26.2. The number of nitrogens with one attached hydrogen (secondary N) is 1. The van der Waals surface area contributed by atoms with Gasteiger partial charge in [0.05, 0.1) is 19.5 Å². The van der Waals surface area contributed by atoms with E-state index in [-0.39, 0.29) is 17.6 Å². The lowest BCUT2D eigenvalue weighted by molar-refractivity contribution is 0.0627. The number of ether oxygens (including phenoxy) is 2. The number of hydrogen-bond acceptors (Lipinski definition) is 5. The zero-order valence-electron chi connectivity index (χ0n) is 14.4. The highest BCUT2D eigenvalue weighted by Gasteiger charge is 2.16. The number of benzene rings is 1. The van der Waals surface area contributed by atoms with Gasteiger partial charge in [0.2, 0.25) is 0 Å². The molecule has 0 saturated heterocycles. The van der Waals surface area contributed by atoms with Gasteiger partial charge in [-0.3, -0.25) is 9.59 Å². The maximum Gasteiger partial charge on any atom is 0.291 e. The fraction of sp³-hybridized carbons (Fsp3) is 0.333. The second-order valence-electron chi connectivity index (χ2n) is 5.29. The summed E-state index contributed by atoms with van der Waals surface area (Å²) >= 11 is 0. The van der Waals surface area contributed by atoms with Crippen LogP contribution in [0.4, 0.5) is 5.69 Å². The number of nitrogens with zero attached hydrogens (tertiary/aromatic N) is 1. The van der Waals surface area contributed by atoms with E-state index in [9.17, 15) is 9.59 Å². The van der Waals surface area contributed by atoms with Crippen LogP contribution in [0.15, 0.2) is 47.1 Å². The zero-order valence-corrected chi connectivity index (χ0v) is 14.4. The lowest BCUT2D eigenvalue weighted by Crippen LogP contribution is -2.36. The van der Waals surface area contributed by atoms with Gasteiger partial charge in [0.15, 0.2) is 5.76 Å². The first-order valence-corrected chi connectivity index (χ1v) is 7.87. The van der Waals surface area contributed by atoms with Gasteiger partial charge in [0.25, 0.3) is 11.8 Å². The highest BCUT2D eigenvalue weighted by Crippen LogP contribution is 2.13. The third kappa shape index (κ3) is 5.44. The molecule has 25 heavy (non-hydrogen) atoms. The SMILES string of the molecule is COCCN(CCOC)C(=O)c1ccc(NC(=O)c2ccco2)cc1. The van der Waals surface area contributed by atoms with E-state index in [2.05, 4.69) is 5.32 Å². The van der Waals surface area contributed by atoms with E-state index in [0.29, 0.717) is 37.6 Å². The fourth-order valence-corrected chi connectivity index (χ4v) is 2.20. The van der Waals surface area contributed by atoms with Crippen molar-refractivity contribution in [2.75, 3.05) is 45.8 Å². The van der Waals surface area contributed by atoms with Crippen molar-refractivity contribution in [1.82, 2.24) is 4.90 Å². The van der Waals surface area contributed by atoms with Crippen molar-refractivity contribution < 1.29 is 23.5 Å². The Labute approximate surface area is 146 Å². The molecule has 0 aliphatic heterocycles. The number of amides is 2. The summed E-state index contributed by atoms with van der Waals surface area (Å²) in [7, 11) is 3.19.